The zero-order chi connectivity index (χ0) is 16.2. The van der Waals surface area contributed by atoms with Crippen molar-refractivity contribution in [1.29, 1.82) is 0 Å². The van der Waals surface area contributed by atoms with Crippen LogP contribution in [0.15, 0.2) is 24.4 Å². The summed E-state index contributed by atoms with van der Waals surface area (Å²) in [7, 11) is 0. The molecule has 1 aromatic rings. The van der Waals surface area contributed by atoms with E-state index in [4.69, 9.17) is 0 Å². The number of carbonyl (C=O) groups excluding carboxylic acids is 1. The first-order valence-corrected chi connectivity index (χ1v) is 8.27. The number of rotatable bonds is 4. The molecular weight excluding hydrogens is 294 g/mol. The van der Waals surface area contributed by atoms with Crippen molar-refractivity contribution in [1.82, 2.24) is 14.8 Å². The van der Waals surface area contributed by atoms with Crippen LogP contribution in [-0.4, -0.2) is 57.9 Å². The second-order valence-electron chi connectivity index (χ2n) is 6.52. The average Bonchev–Trinajstić information content (AvgIpc) is 3.09. The molecule has 0 bridgehead atoms. The third-order valence-corrected chi connectivity index (χ3v) is 4.75. The van der Waals surface area contributed by atoms with Crippen LogP contribution >= 0.6 is 0 Å². The summed E-state index contributed by atoms with van der Waals surface area (Å²) < 4.78 is 0. The molecule has 2 atom stereocenters. The zero-order valence-electron chi connectivity index (χ0n) is 13.2. The Labute approximate surface area is 136 Å². The lowest BCUT2D eigenvalue weighted by Crippen LogP contribution is -2.48. The Balaban J connectivity index is 1.70. The van der Waals surface area contributed by atoms with Crippen molar-refractivity contribution >= 4 is 11.9 Å². The number of aliphatic carboxylic acids is 1. The van der Waals surface area contributed by atoms with Crippen molar-refractivity contribution in [2.75, 3.05) is 26.2 Å². The molecule has 1 N–H and O–H groups in total. The van der Waals surface area contributed by atoms with E-state index in [0.29, 0.717) is 26.1 Å². The second-order valence-corrected chi connectivity index (χ2v) is 6.52. The Hall–Kier alpha value is -1.95. The number of carboxylic acids is 1. The number of hydrogen-bond donors (Lipinski definition) is 1. The molecule has 6 nitrogen and oxygen atoms in total. The molecule has 2 aliphatic rings. The molecule has 0 aliphatic carbocycles. The second kappa shape index (κ2) is 7.08. The lowest BCUT2D eigenvalue weighted by atomic mass is 9.88. The van der Waals surface area contributed by atoms with Crippen molar-refractivity contribution in [2.45, 2.75) is 25.8 Å². The lowest BCUT2D eigenvalue weighted by Gasteiger charge is -2.36. The first-order valence-electron chi connectivity index (χ1n) is 8.27. The van der Waals surface area contributed by atoms with Gasteiger partial charge in [0.2, 0.25) is 5.91 Å². The molecule has 1 amide bonds. The lowest BCUT2D eigenvalue weighted by molar-refractivity contribution is -0.147. The number of likely N-dealkylation sites (tertiary alicyclic amines) is 2. The van der Waals surface area contributed by atoms with E-state index in [0.717, 1.165) is 31.6 Å². The molecule has 0 spiro atoms. The van der Waals surface area contributed by atoms with Crippen LogP contribution in [0.25, 0.3) is 0 Å². The van der Waals surface area contributed by atoms with Gasteiger partial charge in [-0.1, -0.05) is 6.07 Å². The van der Waals surface area contributed by atoms with Crippen molar-refractivity contribution in [2.24, 2.45) is 11.8 Å². The Morgan fingerprint density at radius 2 is 1.91 bits per heavy atom. The Kier molecular flexibility index (Phi) is 4.91. The van der Waals surface area contributed by atoms with Gasteiger partial charge in [0.1, 0.15) is 0 Å². The molecule has 6 heteroatoms. The van der Waals surface area contributed by atoms with Gasteiger partial charge in [-0.15, -0.1) is 0 Å². The number of pyridine rings is 1. The molecule has 23 heavy (non-hydrogen) atoms. The monoisotopic (exact) mass is 317 g/mol. The highest BCUT2D eigenvalue weighted by atomic mass is 16.4. The molecular formula is C17H23N3O3. The molecule has 3 rings (SSSR count). The summed E-state index contributed by atoms with van der Waals surface area (Å²) in [5.41, 5.74) is 0.908. The van der Waals surface area contributed by atoms with Gasteiger partial charge in [-0.25, -0.2) is 0 Å². The summed E-state index contributed by atoms with van der Waals surface area (Å²) in [4.78, 5) is 32.4. The number of carboxylic acid groups (broad SMARTS) is 1. The molecule has 0 radical (unpaired) electrons. The van der Waals surface area contributed by atoms with Crippen LogP contribution in [0.2, 0.25) is 0 Å². The molecule has 0 unspecified atom stereocenters. The van der Waals surface area contributed by atoms with Gasteiger partial charge in [-0.05, 0) is 31.4 Å². The van der Waals surface area contributed by atoms with Crippen LogP contribution in [0, 0.1) is 11.8 Å². The highest BCUT2D eigenvalue weighted by Crippen LogP contribution is 2.26. The van der Waals surface area contributed by atoms with Crippen LogP contribution in [0.5, 0.6) is 0 Å². The molecule has 2 aliphatic heterocycles. The minimum Gasteiger partial charge on any atom is -0.481 e. The zero-order valence-corrected chi connectivity index (χ0v) is 13.2. The normalized spacial score (nSPS) is 25.5. The summed E-state index contributed by atoms with van der Waals surface area (Å²) in [6, 6.07) is 5.72. The van der Waals surface area contributed by atoms with Crippen molar-refractivity contribution in [3.05, 3.63) is 30.1 Å². The molecule has 3 heterocycles. The van der Waals surface area contributed by atoms with E-state index >= 15 is 0 Å². The van der Waals surface area contributed by atoms with Gasteiger partial charge in [0.05, 0.1) is 17.5 Å². The number of hydrogen-bond acceptors (Lipinski definition) is 4. The highest BCUT2D eigenvalue weighted by molar-refractivity contribution is 5.80. The summed E-state index contributed by atoms with van der Waals surface area (Å²) in [5.74, 6) is -1.38. The van der Waals surface area contributed by atoms with Gasteiger partial charge in [0.15, 0.2) is 0 Å². The third-order valence-electron chi connectivity index (χ3n) is 4.75. The largest absolute Gasteiger partial charge is 0.481 e. The Morgan fingerprint density at radius 3 is 2.57 bits per heavy atom. The fourth-order valence-electron chi connectivity index (χ4n) is 3.59. The molecule has 2 fully saturated rings. The van der Waals surface area contributed by atoms with E-state index < -0.39 is 11.9 Å². The fourth-order valence-corrected chi connectivity index (χ4v) is 3.59. The van der Waals surface area contributed by atoms with E-state index in [1.165, 1.54) is 0 Å². The number of aromatic nitrogens is 1. The average molecular weight is 317 g/mol. The first kappa shape index (κ1) is 15.9. The maximum absolute atomic E-state index is 12.7. The standard InChI is InChI=1S/C17H23N3O3/c21-16(20-7-3-4-8-20)13-9-14(17(22)23)11-19(10-13)12-15-5-1-2-6-18-15/h1-2,5-6,13-14H,3-4,7-12H2,(H,22,23)/t13-,14-/m0/s1. The smallest absolute Gasteiger partial charge is 0.307 e. The molecule has 0 saturated carbocycles. The van der Waals surface area contributed by atoms with Gasteiger partial charge < -0.3 is 10.0 Å². The minimum atomic E-state index is -0.810. The maximum Gasteiger partial charge on any atom is 0.307 e. The van der Waals surface area contributed by atoms with E-state index in [1.807, 2.05) is 23.1 Å². The summed E-state index contributed by atoms with van der Waals surface area (Å²) in [6.07, 6.45) is 4.29. The van der Waals surface area contributed by atoms with Crippen molar-refractivity contribution in [3.63, 3.8) is 0 Å². The Morgan fingerprint density at radius 1 is 1.17 bits per heavy atom. The maximum atomic E-state index is 12.7. The van der Waals surface area contributed by atoms with E-state index in [9.17, 15) is 14.7 Å². The number of carbonyl (C=O) groups is 2. The van der Waals surface area contributed by atoms with Gasteiger partial charge in [-0.3, -0.25) is 19.5 Å². The first-order chi connectivity index (χ1) is 11.1. The predicted molar refractivity (Wildman–Crippen MR) is 84.6 cm³/mol. The van der Waals surface area contributed by atoms with Crippen molar-refractivity contribution < 1.29 is 14.7 Å². The van der Waals surface area contributed by atoms with Gasteiger partial charge in [0.25, 0.3) is 0 Å². The van der Waals surface area contributed by atoms with E-state index in [2.05, 4.69) is 9.88 Å². The minimum absolute atomic E-state index is 0.125. The fraction of sp³-hybridized carbons (Fsp3) is 0.588. The predicted octanol–water partition coefficient (Wildman–Crippen LogP) is 1.23. The molecule has 0 aromatic carbocycles. The number of piperidine rings is 1. The third kappa shape index (κ3) is 3.88. The molecule has 1 aromatic heterocycles. The van der Waals surface area contributed by atoms with Gasteiger partial charge in [0, 0.05) is 38.9 Å². The molecule has 124 valence electrons. The van der Waals surface area contributed by atoms with E-state index in [-0.39, 0.29) is 11.8 Å². The number of nitrogens with zero attached hydrogens (tertiary/aromatic N) is 3. The van der Waals surface area contributed by atoms with Crippen LogP contribution in [0.4, 0.5) is 0 Å². The topological polar surface area (TPSA) is 73.7 Å². The van der Waals surface area contributed by atoms with Crippen LogP contribution in [0.3, 0.4) is 0 Å². The van der Waals surface area contributed by atoms with Crippen LogP contribution in [-0.2, 0) is 16.1 Å². The van der Waals surface area contributed by atoms with Crippen LogP contribution in [0.1, 0.15) is 25.0 Å². The van der Waals surface area contributed by atoms with E-state index in [1.54, 1.807) is 6.20 Å². The summed E-state index contributed by atoms with van der Waals surface area (Å²) in [6.45, 7) is 3.32. The van der Waals surface area contributed by atoms with Crippen molar-refractivity contribution in [3.8, 4) is 0 Å². The summed E-state index contributed by atoms with van der Waals surface area (Å²) in [5, 5.41) is 9.42. The quantitative estimate of drug-likeness (QED) is 0.904. The number of amides is 1. The molecule has 2 saturated heterocycles. The highest BCUT2D eigenvalue weighted by Gasteiger charge is 2.37. The SMILES string of the molecule is O=C(O)[C@H]1C[C@H](C(=O)N2CCCC2)CN(Cc2ccccn2)C1. The Bertz CT molecular complexity index is 557. The van der Waals surface area contributed by atoms with Gasteiger partial charge >= 0.3 is 5.97 Å². The summed E-state index contributed by atoms with van der Waals surface area (Å²) >= 11 is 0. The van der Waals surface area contributed by atoms with Gasteiger partial charge in [-0.2, -0.15) is 0 Å². The van der Waals surface area contributed by atoms with Crippen LogP contribution < -0.4 is 0 Å².